The van der Waals surface area contributed by atoms with E-state index in [0.29, 0.717) is 0 Å². The number of hydrogen-bond acceptors (Lipinski definition) is 3. The van der Waals surface area contributed by atoms with Crippen molar-refractivity contribution < 1.29 is 14.3 Å². The zero-order valence-electron chi connectivity index (χ0n) is 11.2. The van der Waals surface area contributed by atoms with Gasteiger partial charge in [0.2, 0.25) is 5.78 Å². The van der Waals surface area contributed by atoms with Crippen molar-refractivity contribution in [3.05, 3.63) is 12.2 Å². The molecule has 3 nitrogen and oxygen atoms in total. The Labute approximate surface area is 104 Å². The van der Waals surface area contributed by atoms with Gasteiger partial charge in [-0.3, -0.25) is 4.79 Å². The van der Waals surface area contributed by atoms with Gasteiger partial charge in [0.15, 0.2) is 0 Å². The van der Waals surface area contributed by atoms with E-state index in [2.05, 4.69) is 6.08 Å². The fraction of sp³-hybridized carbons (Fsp3) is 0.714. The number of allylic oxidation sites excluding steroid dienone is 2. The lowest BCUT2D eigenvalue weighted by atomic mass is 10.1. The Bertz CT molecular complexity index is 256. The minimum absolute atomic E-state index is 0.108. The molecule has 0 bridgehead atoms. The number of rotatable bonds is 9. The maximum absolute atomic E-state index is 11.3. The average Bonchev–Trinajstić information content (AvgIpc) is 2.35. The molecule has 0 aromatic rings. The Morgan fingerprint density at radius 1 is 1.24 bits per heavy atom. The van der Waals surface area contributed by atoms with Crippen LogP contribution in [0, 0.1) is 0 Å². The molecule has 0 aromatic heterocycles. The number of carbonyl (C=O) groups is 2. The Morgan fingerprint density at radius 3 is 2.47 bits per heavy atom. The molecule has 0 fully saturated rings. The summed E-state index contributed by atoms with van der Waals surface area (Å²) in [5.74, 6) is -1.11. The zero-order valence-corrected chi connectivity index (χ0v) is 11.2. The van der Waals surface area contributed by atoms with Gasteiger partial charge in [-0.05, 0) is 39.0 Å². The van der Waals surface area contributed by atoms with E-state index >= 15 is 0 Å². The Kier molecular flexibility index (Phi) is 9.40. The number of carbonyl (C=O) groups excluding carboxylic acids is 2. The van der Waals surface area contributed by atoms with Crippen molar-refractivity contribution in [3.63, 3.8) is 0 Å². The number of ketones is 1. The first-order valence-corrected chi connectivity index (χ1v) is 6.50. The molecule has 1 atom stereocenters. The van der Waals surface area contributed by atoms with Gasteiger partial charge in [0, 0.05) is 6.42 Å². The summed E-state index contributed by atoms with van der Waals surface area (Å²) in [5, 5.41) is 0. The van der Waals surface area contributed by atoms with Crippen LogP contribution >= 0.6 is 0 Å². The van der Waals surface area contributed by atoms with Gasteiger partial charge in [-0.2, -0.15) is 0 Å². The van der Waals surface area contributed by atoms with Gasteiger partial charge in [-0.1, -0.05) is 26.0 Å². The van der Waals surface area contributed by atoms with Crippen LogP contribution in [-0.2, 0) is 14.3 Å². The lowest BCUT2D eigenvalue weighted by molar-refractivity contribution is -0.158. The van der Waals surface area contributed by atoms with Crippen LogP contribution in [0.3, 0.4) is 0 Å². The van der Waals surface area contributed by atoms with E-state index in [1.54, 1.807) is 6.92 Å². The molecule has 0 aliphatic heterocycles. The molecule has 0 saturated heterocycles. The fourth-order valence-corrected chi connectivity index (χ4v) is 1.51. The van der Waals surface area contributed by atoms with Crippen LogP contribution in [0.4, 0.5) is 0 Å². The molecule has 0 N–H and O–H groups in total. The second-order valence-corrected chi connectivity index (χ2v) is 4.07. The second-order valence-electron chi connectivity index (χ2n) is 4.07. The summed E-state index contributed by atoms with van der Waals surface area (Å²) < 4.78 is 5.15. The maximum Gasteiger partial charge on any atom is 0.374 e. The van der Waals surface area contributed by atoms with Gasteiger partial charge >= 0.3 is 5.97 Å². The molecular formula is C14H24O3. The zero-order chi connectivity index (χ0) is 13.1. The molecular weight excluding hydrogens is 216 g/mol. The first kappa shape index (κ1) is 15.9. The summed E-state index contributed by atoms with van der Waals surface area (Å²) in [4.78, 5) is 22.4. The topological polar surface area (TPSA) is 43.4 Å². The molecule has 0 aromatic carbocycles. The molecule has 3 heteroatoms. The lowest BCUT2D eigenvalue weighted by Gasteiger charge is -2.15. The highest BCUT2D eigenvalue weighted by molar-refractivity contribution is 6.33. The summed E-state index contributed by atoms with van der Waals surface area (Å²) >= 11 is 0. The standard InChI is InChI=1S/C14H24O3/c1-4-7-8-9-10-11-12(5-2)17-14(16)13(15)6-3/h4,7,12H,5-6,8-11H2,1-3H3. The largest absolute Gasteiger partial charge is 0.457 e. The van der Waals surface area contributed by atoms with Crippen LogP contribution < -0.4 is 0 Å². The summed E-state index contributed by atoms with van der Waals surface area (Å²) in [5.41, 5.74) is 0. The smallest absolute Gasteiger partial charge is 0.374 e. The van der Waals surface area contributed by atoms with Crippen LogP contribution in [0.2, 0.25) is 0 Å². The summed E-state index contributed by atoms with van der Waals surface area (Å²) in [6.45, 7) is 5.65. The van der Waals surface area contributed by atoms with Gasteiger partial charge in [0.1, 0.15) is 6.10 Å². The van der Waals surface area contributed by atoms with Crippen LogP contribution in [0.5, 0.6) is 0 Å². The highest BCUT2D eigenvalue weighted by Crippen LogP contribution is 2.11. The number of hydrogen-bond donors (Lipinski definition) is 0. The van der Waals surface area contributed by atoms with Gasteiger partial charge in [0.05, 0.1) is 0 Å². The Hall–Kier alpha value is -1.12. The summed E-state index contributed by atoms with van der Waals surface area (Å²) in [6.07, 6.45) is 9.08. The van der Waals surface area contributed by atoms with Gasteiger partial charge < -0.3 is 4.74 Å². The predicted molar refractivity (Wildman–Crippen MR) is 68.8 cm³/mol. The van der Waals surface area contributed by atoms with Crippen molar-refractivity contribution in [3.8, 4) is 0 Å². The van der Waals surface area contributed by atoms with Crippen molar-refractivity contribution in [1.82, 2.24) is 0 Å². The number of esters is 1. The highest BCUT2D eigenvalue weighted by atomic mass is 16.5. The number of Topliss-reactive ketones (excluding diaryl/α,β-unsaturated/α-hetero) is 1. The minimum atomic E-state index is -0.673. The molecule has 0 aliphatic rings. The molecule has 1 unspecified atom stereocenters. The Morgan fingerprint density at radius 2 is 1.94 bits per heavy atom. The first-order chi connectivity index (χ1) is 8.15. The lowest BCUT2D eigenvalue weighted by Crippen LogP contribution is -2.23. The molecule has 17 heavy (non-hydrogen) atoms. The fourth-order valence-electron chi connectivity index (χ4n) is 1.51. The van der Waals surface area contributed by atoms with Gasteiger partial charge in [0.25, 0.3) is 0 Å². The van der Waals surface area contributed by atoms with E-state index in [1.165, 1.54) is 0 Å². The van der Waals surface area contributed by atoms with Crippen LogP contribution in [0.1, 0.15) is 59.3 Å². The van der Waals surface area contributed by atoms with E-state index in [1.807, 2.05) is 19.9 Å². The third-order valence-corrected chi connectivity index (χ3v) is 2.66. The van der Waals surface area contributed by atoms with Gasteiger partial charge in [-0.15, -0.1) is 0 Å². The van der Waals surface area contributed by atoms with E-state index in [4.69, 9.17) is 4.74 Å². The van der Waals surface area contributed by atoms with Crippen LogP contribution in [0.15, 0.2) is 12.2 Å². The summed E-state index contributed by atoms with van der Waals surface area (Å²) in [6, 6.07) is 0. The van der Waals surface area contributed by atoms with Gasteiger partial charge in [-0.25, -0.2) is 4.79 Å². The highest BCUT2D eigenvalue weighted by Gasteiger charge is 2.17. The van der Waals surface area contributed by atoms with Crippen molar-refractivity contribution in [1.29, 1.82) is 0 Å². The molecule has 0 rings (SSSR count). The predicted octanol–water partition coefficient (Wildman–Crippen LogP) is 3.42. The normalized spacial score (nSPS) is 12.6. The first-order valence-electron chi connectivity index (χ1n) is 6.50. The minimum Gasteiger partial charge on any atom is -0.457 e. The number of unbranched alkanes of at least 4 members (excludes halogenated alkanes) is 2. The molecule has 0 spiro atoms. The Balaban J connectivity index is 3.83. The third-order valence-electron chi connectivity index (χ3n) is 2.66. The molecule has 0 amide bonds. The molecule has 98 valence electrons. The average molecular weight is 240 g/mol. The second kappa shape index (κ2) is 10.1. The molecule has 0 heterocycles. The third kappa shape index (κ3) is 7.72. The molecule has 0 aliphatic carbocycles. The van der Waals surface area contributed by atoms with E-state index < -0.39 is 11.8 Å². The molecule has 0 saturated carbocycles. The molecule has 0 radical (unpaired) electrons. The van der Waals surface area contributed by atoms with Crippen LogP contribution in [0.25, 0.3) is 0 Å². The summed E-state index contributed by atoms with van der Waals surface area (Å²) in [7, 11) is 0. The van der Waals surface area contributed by atoms with E-state index in [0.717, 1.165) is 32.1 Å². The van der Waals surface area contributed by atoms with Crippen molar-refractivity contribution in [2.45, 2.75) is 65.4 Å². The monoisotopic (exact) mass is 240 g/mol. The van der Waals surface area contributed by atoms with Crippen LogP contribution in [-0.4, -0.2) is 17.9 Å². The van der Waals surface area contributed by atoms with E-state index in [9.17, 15) is 9.59 Å². The van der Waals surface area contributed by atoms with Crippen molar-refractivity contribution in [2.75, 3.05) is 0 Å². The van der Waals surface area contributed by atoms with Crippen molar-refractivity contribution >= 4 is 11.8 Å². The van der Waals surface area contributed by atoms with E-state index in [-0.39, 0.29) is 12.5 Å². The SMILES string of the molecule is CC=CCCCCC(CC)OC(=O)C(=O)CC. The quantitative estimate of drug-likeness (QED) is 0.268. The van der Waals surface area contributed by atoms with Crippen molar-refractivity contribution in [2.24, 2.45) is 0 Å². The maximum atomic E-state index is 11.3. The number of ether oxygens (including phenoxy) is 1.